The van der Waals surface area contributed by atoms with Crippen molar-refractivity contribution in [3.63, 3.8) is 0 Å². The van der Waals surface area contributed by atoms with Gasteiger partial charge in [-0.15, -0.1) is 5.10 Å². The molecule has 9 heteroatoms. The fourth-order valence-electron chi connectivity index (χ4n) is 2.50. The second-order valence-corrected chi connectivity index (χ2v) is 5.90. The highest BCUT2D eigenvalue weighted by Gasteiger charge is 2.20. The van der Waals surface area contributed by atoms with E-state index in [1.807, 2.05) is 0 Å². The maximum Gasteiger partial charge on any atom is 0.273 e. The van der Waals surface area contributed by atoms with Crippen LogP contribution in [0.2, 0.25) is 5.02 Å². The average molecular weight is 352 g/mol. The van der Waals surface area contributed by atoms with E-state index in [0.717, 1.165) is 17.5 Å². The molecule has 1 aliphatic heterocycles. The highest BCUT2D eigenvalue weighted by atomic mass is 35.5. The molecule has 0 aliphatic carbocycles. The number of hydrogen-bond donors (Lipinski definition) is 2. The standard InChI is InChI=1S/C15H15ClFN5O2/c16-10-4-2-5-12(14(10)17)22-8-11(20-21-22)15(24)18-7-9-3-1-6-13(23)19-9/h2,4-5,8-9H,1,3,6-7H2,(H,18,24)(H,19,23)/t9-/m1/s1. The maximum absolute atomic E-state index is 14.0. The number of amides is 2. The van der Waals surface area contributed by atoms with Crippen molar-refractivity contribution < 1.29 is 14.0 Å². The number of halogens is 2. The zero-order chi connectivity index (χ0) is 17.1. The zero-order valence-corrected chi connectivity index (χ0v) is 13.4. The van der Waals surface area contributed by atoms with Crippen molar-refractivity contribution in [3.8, 4) is 5.69 Å². The molecule has 0 bridgehead atoms. The summed E-state index contributed by atoms with van der Waals surface area (Å²) in [6.07, 6.45) is 3.45. The summed E-state index contributed by atoms with van der Waals surface area (Å²) in [6.45, 7) is 0.308. The molecule has 2 amide bonds. The SMILES string of the molecule is O=C1CCC[C@H](CNC(=O)c2cn(-c3cccc(Cl)c3F)nn2)N1. The van der Waals surface area contributed by atoms with Crippen molar-refractivity contribution >= 4 is 23.4 Å². The Kier molecular flexibility index (Phi) is 4.75. The number of nitrogens with zero attached hydrogens (tertiary/aromatic N) is 3. The van der Waals surface area contributed by atoms with Crippen LogP contribution >= 0.6 is 11.6 Å². The first-order valence-corrected chi connectivity index (χ1v) is 7.86. The zero-order valence-electron chi connectivity index (χ0n) is 12.6. The maximum atomic E-state index is 14.0. The van der Waals surface area contributed by atoms with E-state index in [9.17, 15) is 14.0 Å². The minimum atomic E-state index is -0.638. The number of carbonyl (C=O) groups is 2. The molecule has 0 saturated carbocycles. The molecule has 0 unspecified atom stereocenters. The number of hydrogen-bond acceptors (Lipinski definition) is 4. The topological polar surface area (TPSA) is 88.9 Å². The number of nitrogens with one attached hydrogen (secondary N) is 2. The molecule has 1 saturated heterocycles. The Bertz CT molecular complexity index is 779. The average Bonchev–Trinajstić information content (AvgIpc) is 3.05. The Hall–Kier alpha value is -2.48. The third kappa shape index (κ3) is 3.53. The molecule has 1 fully saturated rings. The summed E-state index contributed by atoms with van der Waals surface area (Å²) >= 11 is 5.73. The lowest BCUT2D eigenvalue weighted by molar-refractivity contribution is -0.123. The van der Waals surface area contributed by atoms with Gasteiger partial charge in [-0.3, -0.25) is 9.59 Å². The summed E-state index contributed by atoms with van der Waals surface area (Å²) in [5.74, 6) is -1.09. The molecule has 0 spiro atoms. The minimum Gasteiger partial charge on any atom is -0.352 e. The summed E-state index contributed by atoms with van der Waals surface area (Å²) in [5, 5.41) is 13.0. The molecule has 1 aromatic heterocycles. The van der Waals surface area contributed by atoms with Crippen molar-refractivity contribution in [1.82, 2.24) is 25.6 Å². The van der Waals surface area contributed by atoms with E-state index in [2.05, 4.69) is 20.9 Å². The fourth-order valence-corrected chi connectivity index (χ4v) is 2.67. The Morgan fingerprint density at radius 2 is 2.33 bits per heavy atom. The second-order valence-electron chi connectivity index (χ2n) is 5.49. The third-order valence-corrected chi connectivity index (χ3v) is 4.03. The number of rotatable bonds is 4. The van der Waals surface area contributed by atoms with Gasteiger partial charge in [-0.1, -0.05) is 22.9 Å². The molecule has 2 N–H and O–H groups in total. The molecule has 1 aromatic carbocycles. The lowest BCUT2D eigenvalue weighted by Gasteiger charge is -2.23. The van der Waals surface area contributed by atoms with E-state index in [-0.39, 0.29) is 28.4 Å². The van der Waals surface area contributed by atoms with Crippen molar-refractivity contribution in [2.75, 3.05) is 6.54 Å². The van der Waals surface area contributed by atoms with Gasteiger partial charge < -0.3 is 10.6 Å². The summed E-state index contributed by atoms with van der Waals surface area (Å²) in [6, 6.07) is 4.39. The summed E-state index contributed by atoms with van der Waals surface area (Å²) in [5.41, 5.74) is 0.158. The predicted octanol–water partition coefficient (Wildman–Crippen LogP) is 1.46. The molecule has 2 heterocycles. The summed E-state index contributed by atoms with van der Waals surface area (Å²) in [7, 11) is 0. The first-order valence-electron chi connectivity index (χ1n) is 7.49. The number of piperidine rings is 1. The van der Waals surface area contributed by atoms with E-state index in [4.69, 9.17) is 11.6 Å². The van der Waals surface area contributed by atoms with Crippen LogP contribution in [0, 0.1) is 5.82 Å². The first kappa shape index (κ1) is 16.4. The van der Waals surface area contributed by atoms with Crippen LogP contribution in [0.15, 0.2) is 24.4 Å². The molecule has 2 aromatic rings. The van der Waals surface area contributed by atoms with E-state index in [1.165, 1.54) is 18.3 Å². The molecule has 126 valence electrons. The second kappa shape index (κ2) is 6.96. The van der Waals surface area contributed by atoms with E-state index in [1.54, 1.807) is 6.07 Å². The van der Waals surface area contributed by atoms with Gasteiger partial charge in [-0.05, 0) is 25.0 Å². The quantitative estimate of drug-likeness (QED) is 0.872. The van der Waals surface area contributed by atoms with Gasteiger partial charge in [0.1, 0.15) is 5.69 Å². The predicted molar refractivity (Wildman–Crippen MR) is 84.4 cm³/mol. The third-order valence-electron chi connectivity index (χ3n) is 3.73. The molecule has 1 atom stereocenters. The summed E-state index contributed by atoms with van der Waals surface area (Å²) < 4.78 is 15.1. The minimum absolute atomic E-state index is 0.0112. The Morgan fingerprint density at radius 1 is 1.50 bits per heavy atom. The van der Waals surface area contributed by atoms with Crippen molar-refractivity contribution in [2.24, 2.45) is 0 Å². The van der Waals surface area contributed by atoms with Gasteiger partial charge in [0.25, 0.3) is 5.91 Å². The van der Waals surface area contributed by atoms with Gasteiger partial charge in [0, 0.05) is 19.0 Å². The number of aromatic nitrogens is 3. The van der Waals surface area contributed by atoms with Crippen LogP contribution in [0.25, 0.3) is 5.69 Å². The Labute approximate surface area is 142 Å². The van der Waals surface area contributed by atoms with Crippen LogP contribution in [0.3, 0.4) is 0 Å². The van der Waals surface area contributed by atoms with E-state index in [0.29, 0.717) is 13.0 Å². The first-order chi connectivity index (χ1) is 11.5. The molecule has 0 radical (unpaired) electrons. The van der Waals surface area contributed by atoms with E-state index >= 15 is 0 Å². The van der Waals surface area contributed by atoms with Gasteiger partial charge in [-0.2, -0.15) is 0 Å². The molecule has 7 nitrogen and oxygen atoms in total. The van der Waals surface area contributed by atoms with Crippen LogP contribution in [0.1, 0.15) is 29.8 Å². The van der Waals surface area contributed by atoms with Crippen LogP contribution in [-0.2, 0) is 4.79 Å². The van der Waals surface area contributed by atoms with Crippen LogP contribution < -0.4 is 10.6 Å². The van der Waals surface area contributed by atoms with Gasteiger partial charge >= 0.3 is 0 Å². The Balaban J connectivity index is 1.65. The van der Waals surface area contributed by atoms with Crippen molar-refractivity contribution in [1.29, 1.82) is 0 Å². The number of carbonyl (C=O) groups excluding carboxylic acids is 2. The van der Waals surface area contributed by atoms with Crippen LogP contribution in [0.5, 0.6) is 0 Å². The molecular weight excluding hydrogens is 337 g/mol. The number of benzene rings is 1. The van der Waals surface area contributed by atoms with Gasteiger partial charge in [0.05, 0.1) is 11.2 Å². The monoisotopic (exact) mass is 351 g/mol. The van der Waals surface area contributed by atoms with Crippen LogP contribution in [-0.4, -0.2) is 39.4 Å². The summed E-state index contributed by atoms with van der Waals surface area (Å²) in [4.78, 5) is 23.4. The highest BCUT2D eigenvalue weighted by molar-refractivity contribution is 6.30. The van der Waals surface area contributed by atoms with Crippen molar-refractivity contribution in [3.05, 3.63) is 40.9 Å². The molecule has 24 heavy (non-hydrogen) atoms. The normalized spacial score (nSPS) is 17.4. The van der Waals surface area contributed by atoms with Gasteiger partial charge in [0.2, 0.25) is 5.91 Å². The largest absolute Gasteiger partial charge is 0.352 e. The lowest BCUT2D eigenvalue weighted by atomic mass is 10.0. The highest BCUT2D eigenvalue weighted by Crippen LogP contribution is 2.20. The van der Waals surface area contributed by atoms with Gasteiger partial charge in [0.15, 0.2) is 11.5 Å². The van der Waals surface area contributed by atoms with Gasteiger partial charge in [-0.25, -0.2) is 9.07 Å². The van der Waals surface area contributed by atoms with Crippen LogP contribution in [0.4, 0.5) is 4.39 Å². The molecule has 3 rings (SSSR count). The smallest absolute Gasteiger partial charge is 0.273 e. The molecular formula is C15H15ClFN5O2. The van der Waals surface area contributed by atoms with Crippen molar-refractivity contribution in [2.45, 2.75) is 25.3 Å². The lowest BCUT2D eigenvalue weighted by Crippen LogP contribution is -2.46. The van der Waals surface area contributed by atoms with E-state index < -0.39 is 11.7 Å². The fraction of sp³-hybridized carbons (Fsp3) is 0.333. The molecule has 1 aliphatic rings. The Morgan fingerprint density at radius 3 is 3.12 bits per heavy atom.